The van der Waals surface area contributed by atoms with E-state index in [1.54, 1.807) is 13.8 Å². The van der Waals surface area contributed by atoms with Gasteiger partial charge in [0.25, 0.3) is 0 Å². The minimum absolute atomic E-state index is 0.0533. The van der Waals surface area contributed by atoms with Gasteiger partial charge in [0.15, 0.2) is 6.61 Å². The second-order valence-electron chi connectivity index (χ2n) is 3.95. The van der Waals surface area contributed by atoms with Crippen LogP contribution in [0.1, 0.15) is 33.1 Å². The van der Waals surface area contributed by atoms with Crippen LogP contribution in [0.3, 0.4) is 0 Å². The molecule has 92 valence electrons. The van der Waals surface area contributed by atoms with Crippen LogP contribution in [0.15, 0.2) is 0 Å². The Kier molecular flexibility index (Phi) is 6.43. The molecule has 0 amide bonds. The number of rotatable bonds is 5. The second kappa shape index (κ2) is 7.29. The van der Waals surface area contributed by atoms with E-state index in [2.05, 4.69) is 11.8 Å². The molecule has 5 nitrogen and oxygen atoms in total. The summed E-state index contributed by atoms with van der Waals surface area (Å²) in [5, 5.41) is 17.0. The summed E-state index contributed by atoms with van der Waals surface area (Å²) in [4.78, 5) is 21.3. The molecule has 0 aliphatic rings. The standard InChI is InChI=1S/C12H15NO4/c1-12(2,9-13)7-4-8-17-11(16)6-3-5-10(14)15/h3,5-6,8H2,1-2H3,(H,14,15). The molecule has 0 rings (SSSR count). The average Bonchev–Trinajstić information content (AvgIpc) is 2.24. The molecule has 0 heterocycles. The van der Waals surface area contributed by atoms with E-state index in [-0.39, 0.29) is 25.9 Å². The third-order valence-electron chi connectivity index (χ3n) is 1.76. The zero-order valence-corrected chi connectivity index (χ0v) is 9.95. The van der Waals surface area contributed by atoms with Gasteiger partial charge in [-0.3, -0.25) is 9.59 Å². The first-order chi connectivity index (χ1) is 7.87. The number of nitrogens with zero attached hydrogens (tertiary/aromatic N) is 1. The van der Waals surface area contributed by atoms with E-state index in [1.165, 1.54) is 0 Å². The van der Waals surface area contributed by atoms with Crippen LogP contribution < -0.4 is 0 Å². The third kappa shape index (κ3) is 8.95. The predicted octanol–water partition coefficient (Wildman–Crippen LogP) is 1.34. The minimum atomic E-state index is -0.937. The molecule has 0 radical (unpaired) electrons. The summed E-state index contributed by atoms with van der Waals surface area (Å²) in [5.74, 6) is 3.82. The van der Waals surface area contributed by atoms with Crippen molar-refractivity contribution in [3.63, 3.8) is 0 Å². The maximum atomic E-state index is 11.1. The Bertz CT molecular complexity index is 382. The van der Waals surface area contributed by atoms with Gasteiger partial charge in [-0.2, -0.15) is 5.26 Å². The summed E-state index contributed by atoms with van der Waals surface area (Å²) < 4.78 is 4.75. The Morgan fingerprint density at radius 2 is 2.00 bits per heavy atom. The van der Waals surface area contributed by atoms with E-state index in [1.807, 2.05) is 6.07 Å². The highest BCUT2D eigenvalue weighted by Gasteiger charge is 2.11. The SMILES string of the molecule is CC(C)(C#N)C#CCOC(=O)CCCC(=O)O. The number of carbonyl (C=O) groups excluding carboxylic acids is 1. The highest BCUT2D eigenvalue weighted by molar-refractivity contribution is 5.71. The molecular weight excluding hydrogens is 222 g/mol. The maximum absolute atomic E-state index is 11.1. The lowest BCUT2D eigenvalue weighted by atomic mass is 9.97. The fourth-order valence-corrected chi connectivity index (χ4v) is 0.858. The summed E-state index contributed by atoms with van der Waals surface area (Å²) >= 11 is 0. The van der Waals surface area contributed by atoms with Gasteiger partial charge in [0.2, 0.25) is 0 Å². The molecule has 0 aromatic heterocycles. The van der Waals surface area contributed by atoms with Crippen molar-refractivity contribution in [2.45, 2.75) is 33.1 Å². The first-order valence-corrected chi connectivity index (χ1v) is 5.16. The molecule has 0 bridgehead atoms. The van der Waals surface area contributed by atoms with Crippen LogP contribution in [0.4, 0.5) is 0 Å². The molecule has 5 heteroatoms. The van der Waals surface area contributed by atoms with Crippen LogP contribution in [0.5, 0.6) is 0 Å². The molecule has 1 N–H and O–H groups in total. The Morgan fingerprint density at radius 3 is 2.53 bits per heavy atom. The number of nitriles is 1. The van der Waals surface area contributed by atoms with Crippen molar-refractivity contribution in [3.05, 3.63) is 0 Å². The number of carbonyl (C=O) groups is 2. The van der Waals surface area contributed by atoms with E-state index in [4.69, 9.17) is 15.1 Å². The van der Waals surface area contributed by atoms with Crippen LogP contribution in [0.25, 0.3) is 0 Å². The molecule has 0 spiro atoms. The lowest BCUT2D eigenvalue weighted by Crippen LogP contribution is -2.07. The third-order valence-corrected chi connectivity index (χ3v) is 1.76. The molecule has 0 saturated heterocycles. The number of carboxylic acid groups (broad SMARTS) is 1. The van der Waals surface area contributed by atoms with Gasteiger partial charge in [0.1, 0.15) is 5.41 Å². The van der Waals surface area contributed by atoms with Gasteiger partial charge in [-0.15, -0.1) is 0 Å². The Balaban J connectivity index is 3.80. The molecular formula is C12H15NO4. The first-order valence-electron chi connectivity index (χ1n) is 5.16. The number of carboxylic acids is 1. The summed E-state index contributed by atoms with van der Waals surface area (Å²) in [7, 11) is 0. The van der Waals surface area contributed by atoms with Gasteiger partial charge in [0.05, 0.1) is 6.07 Å². The van der Waals surface area contributed by atoms with Crippen LogP contribution in [0.2, 0.25) is 0 Å². The van der Waals surface area contributed by atoms with Gasteiger partial charge in [-0.25, -0.2) is 0 Å². The number of hydrogen-bond donors (Lipinski definition) is 1. The van der Waals surface area contributed by atoms with Gasteiger partial charge in [-0.1, -0.05) is 11.8 Å². The summed E-state index contributed by atoms with van der Waals surface area (Å²) in [5.41, 5.74) is -0.754. The fraction of sp³-hybridized carbons (Fsp3) is 0.583. The van der Waals surface area contributed by atoms with Crippen LogP contribution in [-0.2, 0) is 14.3 Å². The lowest BCUT2D eigenvalue weighted by Gasteiger charge is -2.03. The molecule has 0 saturated carbocycles. The molecule has 0 unspecified atom stereocenters. The number of hydrogen-bond acceptors (Lipinski definition) is 4. The fourth-order valence-electron chi connectivity index (χ4n) is 0.858. The molecule has 0 aliphatic heterocycles. The minimum Gasteiger partial charge on any atom is -0.481 e. The van der Waals surface area contributed by atoms with E-state index in [0.717, 1.165) is 0 Å². The van der Waals surface area contributed by atoms with E-state index in [9.17, 15) is 9.59 Å². The summed E-state index contributed by atoms with van der Waals surface area (Å²) in [6.07, 6.45) is 0.267. The largest absolute Gasteiger partial charge is 0.481 e. The van der Waals surface area contributed by atoms with Crippen molar-refractivity contribution in [1.82, 2.24) is 0 Å². The Labute approximate surface area is 100 Å². The first kappa shape index (κ1) is 15.0. The van der Waals surface area contributed by atoms with Gasteiger partial charge < -0.3 is 9.84 Å². The van der Waals surface area contributed by atoms with Crippen LogP contribution >= 0.6 is 0 Å². The van der Waals surface area contributed by atoms with E-state index >= 15 is 0 Å². The number of aliphatic carboxylic acids is 1. The van der Waals surface area contributed by atoms with Crippen LogP contribution in [0, 0.1) is 28.6 Å². The normalized spacial score (nSPS) is 9.71. The van der Waals surface area contributed by atoms with Crippen molar-refractivity contribution in [2.24, 2.45) is 5.41 Å². The van der Waals surface area contributed by atoms with Gasteiger partial charge in [-0.05, 0) is 20.3 Å². The summed E-state index contributed by atoms with van der Waals surface area (Å²) in [6, 6.07) is 2.00. The second-order valence-corrected chi connectivity index (χ2v) is 3.95. The average molecular weight is 237 g/mol. The van der Waals surface area contributed by atoms with Crippen LogP contribution in [-0.4, -0.2) is 23.7 Å². The van der Waals surface area contributed by atoms with Crippen molar-refractivity contribution in [2.75, 3.05) is 6.61 Å². The quantitative estimate of drug-likeness (QED) is 0.575. The van der Waals surface area contributed by atoms with Gasteiger partial charge >= 0.3 is 11.9 Å². The van der Waals surface area contributed by atoms with Crippen molar-refractivity contribution in [1.29, 1.82) is 5.26 Å². The highest BCUT2D eigenvalue weighted by atomic mass is 16.5. The van der Waals surface area contributed by atoms with E-state index < -0.39 is 17.4 Å². The highest BCUT2D eigenvalue weighted by Crippen LogP contribution is 2.09. The van der Waals surface area contributed by atoms with Crippen molar-refractivity contribution >= 4 is 11.9 Å². The maximum Gasteiger partial charge on any atom is 0.306 e. The Morgan fingerprint density at radius 1 is 1.35 bits per heavy atom. The molecule has 17 heavy (non-hydrogen) atoms. The summed E-state index contributed by atoms with van der Waals surface area (Å²) in [6.45, 7) is 3.25. The number of ether oxygens (including phenoxy) is 1. The van der Waals surface area contributed by atoms with Gasteiger partial charge in [0, 0.05) is 12.8 Å². The molecule has 0 aromatic carbocycles. The molecule has 0 aliphatic carbocycles. The topological polar surface area (TPSA) is 87.4 Å². The zero-order valence-electron chi connectivity index (χ0n) is 9.95. The smallest absolute Gasteiger partial charge is 0.306 e. The lowest BCUT2D eigenvalue weighted by molar-refractivity contribution is -0.142. The Hall–Kier alpha value is -2.01. The molecule has 0 fully saturated rings. The van der Waals surface area contributed by atoms with Crippen molar-refractivity contribution < 1.29 is 19.4 Å². The molecule has 0 atom stereocenters. The number of esters is 1. The zero-order chi connectivity index (χ0) is 13.3. The monoisotopic (exact) mass is 237 g/mol. The molecule has 0 aromatic rings. The predicted molar refractivity (Wildman–Crippen MR) is 59.6 cm³/mol. The van der Waals surface area contributed by atoms with Crippen molar-refractivity contribution in [3.8, 4) is 17.9 Å². The van der Waals surface area contributed by atoms with E-state index in [0.29, 0.717) is 0 Å².